The van der Waals surface area contributed by atoms with Crippen molar-refractivity contribution in [1.29, 1.82) is 0 Å². The molecule has 2 bridgehead atoms. The number of likely N-dealkylation sites (tertiary alicyclic amines) is 1. The molecule has 8 heteroatoms. The van der Waals surface area contributed by atoms with Gasteiger partial charge in [0.05, 0.1) is 17.6 Å². The van der Waals surface area contributed by atoms with E-state index in [9.17, 15) is 4.39 Å². The van der Waals surface area contributed by atoms with E-state index in [2.05, 4.69) is 63.2 Å². The number of fused-ring (bicyclic) bond motifs is 2. The summed E-state index contributed by atoms with van der Waals surface area (Å²) in [5.74, 6) is 1.03. The molecule has 2 saturated heterocycles. The monoisotopic (exact) mass is 399 g/mol. The summed E-state index contributed by atoms with van der Waals surface area (Å²) < 4.78 is 14.4. The Morgan fingerprint density at radius 2 is 1.93 bits per heavy atom. The van der Waals surface area contributed by atoms with Crippen molar-refractivity contribution < 1.29 is 4.39 Å². The molecule has 3 atom stereocenters. The van der Waals surface area contributed by atoms with Gasteiger partial charge in [-0.25, -0.2) is 9.97 Å². The maximum atomic E-state index is 14.4. The van der Waals surface area contributed by atoms with Crippen molar-refractivity contribution >= 4 is 23.1 Å². The van der Waals surface area contributed by atoms with Gasteiger partial charge in [-0.15, -0.1) is 0 Å². The Hall–Kier alpha value is -2.48. The second-order valence-corrected chi connectivity index (χ2v) is 8.69. The molecule has 0 aliphatic carbocycles. The van der Waals surface area contributed by atoms with Gasteiger partial charge in [0.1, 0.15) is 5.82 Å². The molecule has 2 aromatic heterocycles. The first-order valence-corrected chi connectivity index (χ1v) is 10.3. The summed E-state index contributed by atoms with van der Waals surface area (Å²) in [6.45, 7) is 10.4. The molecule has 0 saturated carbocycles. The number of hydrogen-bond donors (Lipinski definition) is 2. The average molecular weight is 400 g/mol. The highest BCUT2D eigenvalue weighted by Crippen LogP contribution is 2.35. The fourth-order valence-electron chi connectivity index (χ4n) is 4.02. The third kappa shape index (κ3) is 3.99. The van der Waals surface area contributed by atoms with E-state index in [0.29, 0.717) is 29.6 Å². The highest BCUT2D eigenvalue weighted by atomic mass is 19.1. The highest BCUT2D eigenvalue weighted by Gasteiger charge is 2.41. The predicted molar refractivity (Wildman–Crippen MR) is 114 cm³/mol. The first-order chi connectivity index (χ1) is 13.8. The van der Waals surface area contributed by atoms with Gasteiger partial charge in [-0.05, 0) is 39.3 Å². The van der Waals surface area contributed by atoms with E-state index in [4.69, 9.17) is 0 Å². The van der Waals surface area contributed by atoms with Gasteiger partial charge in [0.2, 0.25) is 11.9 Å². The summed E-state index contributed by atoms with van der Waals surface area (Å²) in [5, 5.41) is 6.44. The van der Waals surface area contributed by atoms with Crippen LogP contribution < -0.4 is 15.5 Å². The van der Waals surface area contributed by atoms with Crippen LogP contribution in [0.4, 0.5) is 27.5 Å². The van der Waals surface area contributed by atoms with Crippen LogP contribution in [-0.4, -0.2) is 58.1 Å². The molecule has 0 unspecified atom stereocenters. The third-order valence-corrected chi connectivity index (χ3v) is 6.25. The maximum Gasteiger partial charge on any atom is 0.236 e. The van der Waals surface area contributed by atoms with Crippen molar-refractivity contribution in [1.82, 2.24) is 19.9 Å². The molecule has 7 nitrogen and oxygen atoms in total. The van der Waals surface area contributed by atoms with E-state index in [1.165, 1.54) is 0 Å². The van der Waals surface area contributed by atoms with Gasteiger partial charge >= 0.3 is 0 Å². The molecular formula is C21H30FN7. The molecule has 2 fully saturated rings. The van der Waals surface area contributed by atoms with Crippen LogP contribution in [0.5, 0.6) is 0 Å². The van der Waals surface area contributed by atoms with Crippen LogP contribution in [0.25, 0.3) is 0 Å². The van der Waals surface area contributed by atoms with Gasteiger partial charge in [-0.2, -0.15) is 9.37 Å². The third-order valence-electron chi connectivity index (χ3n) is 6.25. The lowest BCUT2D eigenvalue weighted by Crippen LogP contribution is -2.44. The number of halogens is 1. The number of piperazine rings is 1. The molecule has 2 N–H and O–H groups in total. The van der Waals surface area contributed by atoms with Crippen molar-refractivity contribution in [3.05, 3.63) is 30.0 Å². The molecule has 0 spiro atoms. The van der Waals surface area contributed by atoms with E-state index in [1.807, 2.05) is 13.0 Å². The summed E-state index contributed by atoms with van der Waals surface area (Å²) in [6.07, 6.45) is 4.52. The molecule has 4 rings (SSSR count). The first kappa shape index (κ1) is 19.8. The summed E-state index contributed by atoms with van der Waals surface area (Å²) in [6, 6.07) is 3.12. The summed E-state index contributed by atoms with van der Waals surface area (Å²) in [4.78, 5) is 17.6. The minimum absolute atomic E-state index is 0.266. The van der Waals surface area contributed by atoms with Gasteiger partial charge in [0.15, 0.2) is 0 Å². The molecule has 2 aliphatic heterocycles. The average Bonchev–Trinajstić information content (AvgIpc) is 3.25. The fraction of sp³-hybridized carbons (Fsp3) is 0.571. The number of rotatable bonds is 6. The lowest BCUT2D eigenvalue weighted by molar-refractivity contribution is 0.292. The van der Waals surface area contributed by atoms with Gasteiger partial charge in [0.25, 0.3) is 0 Å². The Kier molecular flexibility index (Phi) is 5.29. The normalized spacial score (nSPS) is 22.4. The zero-order valence-corrected chi connectivity index (χ0v) is 17.8. The zero-order valence-electron chi connectivity index (χ0n) is 17.8. The van der Waals surface area contributed by atoms with Crippen molar-refractivity contribution in [3.63, 3.8) is 0 Å². The van der Waals surface area contributed by atoms with E-state index < -0.39 is 5.95 Å². The van der Waals surface area contributed by atoms with Crippen LogP contribution in [0.1, 0.15) is 32.8 Å². The molecular weight excluding hydrogens is 369 g/mol. The first-order valence-electron chi connectivity index (χ1n) is 10.3. The molecule has 0 amide bonds. The topological polar surface area (TPSA) is 69.2 Å². The summed E-state index contributed by atoms with van der Waals surface area (Å²) in [5.41, 5.74) is 2.19. The van der Waals surface area contributed by atoms with E-state index in [0.717, 1.165) is 36.6 Å². The van der Waals surface area contributed by atoms with Crippen molar-refractivity contribution in [2.45, 2.75) is 52.2 Å². The van der Waals surface area contributed by atoms with Crippen LogP contribution in [0.15, 0.2) is 18.5 Å². The smallest absolute Gasteiger partial charge is 0.236 e. The highest BCUT2D eigenvalue weighted by molar-refractivity contribution is 5.63. The molecule has 0 radical (unpaired) electrons. The van der Waals surface area contributed by atoms with Crippen molar-refractivity contribution in [2.24, 2.45) is 5.92 Å². The lowest BCUT2D eigenvalue weighted by atomic mass is 10.1. The van der Waals surface area contributed by atoms with E-state index >= 15 is 0 Å². The molecule has 2 aliphatic rings. The Morgan fingerprint density at radius 1 is 1.14 bits per heavy atom. The van der Waals surface area contributed by atoms with Crippen LogP contribution in [0.2, 0.25) is 0 Å². The number of hydrogen-bond acceptors (Lipinski definition) is 7. The largest absolute Gasteiger partial charge is 0.367 e. The van der Waals surface area contributed by atoms with Crippen LogP contribution >= 0.6 is 0 Å². The Balaban J connectivity index is 1.54. The van der Waals surface area contributed by atoms with E-state index in [1.54, 1.807) is 12.4 Å². The fourth-order valence-corrected chi connectivity index (χ4v) is 4.02. The quantitative estimate of drug-likeness (QED) is 0.722. The van der Waals surface area contributed by atoms with Crippen LogP contribution in [0, 0.1) is 18.8 Å². The SMILES string of the molecule is Cc1cnc(Nc2cc(N3C[C@@H]4C[C@H]3CN4C)cnc2F)nc1N[C@H](C)C(C)C. The zero-order chi connectivity index (χ0) is 20.7. The standard InChI is InChI=1S/C21H30FN7/c1-12(2)14(4)25-20-13(3)8-24-21(27-20)26-18-7-15(9-23-19(18)22)29-11-16-6-17(29)10-28(16)5/h7-9,12,14,16-17H,6,10-11H2,1-5H3,(H2,24,25,26,27)/t14-,16+,17+/m1/s1. The van der Waals surface area contributed by atoms with Gasteiger partial charge < -0.3 is 15.5 Å². The predicted octanol–water partition coefficient (Wildman–Crippen LogP) is 3.41. The number of aryl methyl sites for hydroxylation is 1. The number of nitrogens with one attached hydrogen (secondary N) is 2. The van der Waals surface area contributed by atoms with Crippen molar-refractivity contribution in [2.75, 3.05) is 35.7 Å². The molecule has 156 valence electrons. The number of pyridine rings is 1. The summed E-state index contributed by atoms with van der Waals surface area (Å²) >= 11 is 0. The maximum absolute atomic E-state index is 14.4. The Morgan fingerprint density at radius 3 is 2.59 bits per heavy atom. The second-order valence-electron chi connectivity index (χ2n) is 8.69. The molecule has 4 heterocycles. The minimum atomic E-state index is -0.551. The molecule has 0 aromatic carbocycles. The summed E-state index contributed by atoms with van der Waals surface area (Å²) in [7, 11) is 2.17. The van der Waals surface area contributed by atoms with Crippen LogP contribution in [0.3, 0.4) is 0 Å². The number of aromatic nitrogens is 3. The lowest BCUT2D eigenvalue weighted by Gasteiger charge is -2.33. The van der Waals surface area contributed by atoms with Gasteiger partial charge in [-0.1, -0.05) is 13.8 Å². The number of likely N-dealkylation sites (N-methyl/N-ethyl adjacent to an activating group) is 1. The minimum Gasteiger partial charge on any atom is -0.367 e. The second kappa shape index (κ2) is 7.74. The number of nitrogens with zero attached hydrogens (tertiary/aromatic N) is 5. The number of anilines is 4. The van der Waals surface area contributed by atoms with Gasteiger partial charge in [-0.3, -0.25) is 4.90 Å². The Labute approximate surface area is 171 Å². The van der Waals surface area contributed by atoms with Crippen molar-refractivity contribution in [3.8, 4) is 0 Å². The molecule has 2 aromatic rings. The molecule has 29 heavy (non-hydrogen) atoms. The van der Waals surface area contributed by atoms with E-state index in [-0.39, 0.29) is 6.04 Å². The van der Waals surface area contributed by atoms with Gasteiger partial charge in [0, 0.05) is 43.0 Å². The Bertz CT molecular complexity index is 885. The van der Waals surface area contributed by atoms with Crippen LogP contribution in [-0.2, 0) is 0 Å².